The Kier molecular flexibility index (Phi) is 3.27. The van der Waals surface area contributed by atoms with Gasteiger partial charge in [0.15, 0.2) is 0 Å². The van der Waals surface area contributed by atoms with Crippen LogP contribution in [-0.4, -0.2) is 0 Å². The summed E-state index contributed by atoms with van der Waals surface area (Å²) in [5.74, 6) is 2.21. The zero-order valence-corrected chi connectivity index (χ0v) is 8.18. The molecule has 1 aromatic heterocycles. The highest BCUT2D eigenvalue weighted by Gasteiger charge is 2.11. The van der Waals surface area contributed by atoms with E-state index in [1.807, 2.05) is 0 Å². The van der Waals surface area contributed by atoms with Crippen LogP contribution in [0.2, 0.25) is 0 Å². The van der Waals surface area contributed by atoms with Gasteiger partial charge >= 0.3 is 11.5 Å². The summed E-state index contributed by atoms with van der Waals surface area (Å²) in [5.41, 5.74) is 1.38. The predicted molar refractivity (Wildman–Crippen MR) is 51.2 cm³/mol. The van der Waals surface area contributed by atoms with E-state index in [0.29, 0.717) is 0 Å². The van der Waals surface area contributed by atoms with E-state index in [1.165, 1.54) is 5.56 Å². The molecule has 1 rings (SSSR count). The van der Waals surface area contributed by atoms with E-state index < -0.39 is 0 Å². The van der Waals surface area contributed by atoms with Gasteiger partial charge < -0.3 is 0 Å². The molecule has 0 aliphatic carbocycles. The van der Waals surface area contributed by atoms with Crippen molar-refractivity contribution in [2.75, 3.05) is 0 Å². The Bertz CT molecular complexity index is 198. The normalized spacial score (nSPS) is 10.2. The minimum Gasteiger partial charge on any atom is -0.218 e. The fourth-order valence-electron chi connectivity index (χ4n) is 1.24. The van der Waals surface area contributed by atoms with Crippen molar-refractivity contribution in [3.05, 3.63) is 29.2 Å². The van der Waals surface area contributed by atoms with Crippen molar-refractivity contribution in [1.82, 2.24) is 0 Å². The molecule has 1 aromatic rings. The van der Waals surface area contributed by atoms with Crippen molar-refractivity contribution >= 4 is 0 Å². The number of rotatable bonds is 3. The van der Waals surface area contributed by atoms with Crippen LogP contribution in [-0.2, 0) is 19.3 Å². The van der Waals surface area contributed by atoms with Crippen molar-refractivity contribution in [3.63, 3.8) is 0 Å². The first-order valence-corrected chi connectivity index (χ1v) is 4.74. The van der Waals surface area contributed by atoms with E-state index in [4.69, 9.17) is 4.42 Å². The standard InChI is InChI=1S/C11H17O/c1-4-9-7-10(5-2)12-11(6-3)8-9/h7-8H,4-6H2,1-3H3/q+1. The van der Waals surface area contributed by atoms with Crippen LogP contribution in [0.1, 0.15) is 37.9 Å². The molecule has 1 nitrogen and oxygen atoms in total. The average molecular weight is 165 g/mol. The van der Waals surface area contributed by atoms with Gasteiger partial charge in [0.25, 0.3) is 0 Å². The van der Waals surface area contributed by atoms with Gasteiger partial charge in [0.2, 0.25) is 0 Å². The van der Waals surface area contributed by atoms with Crippen LogP contribution in [0.25, 0.3) is 0 Å². The molecule has 0 bridgehead atoms. The van der Waals surface area contributed by atoms with Crippen LogP contribution in [0.15, 0.2) is 16.5 Å². The highest BCUT2D eigenvalue weighted by Crippen LogP contribution is 2.12. The molecule has 0 radical (unpaired) electrons. The maximum Gasteiger partial charge on any atom is 0.329 e. The molecular formula is C11H17O+. The van der Waals surface area contributed by atoms with Gasteiger partial charge in [-0.1, -0.05) is 20.8 Å². The van der Waals surface area contributed by atoms with Crippen molar-refractivity contribution in [1.29, 1.82) is 0 Å². The second-order valence-corrected chi connectivity index (χ2v) is 2.96. The fraction of sp³-hybridized carbons (Fsp3) is 0.545. The zero-order valence-electron chi connectivity index (χ0n) is 8.18. The summed E-state index contributed by atoms with van der Waals surface area (Å²) in [4.78, 5) is 0. The molecule has 0 aliphatic rings. The quantitative estimate of drug-likeness (QED) is 0.626. The lowest BCUT2D eigenvalue weighted by molar-refractivity contribution is 0.454. The number of hydrogen-bond acceptors (Lipinski definition) is 0. The van der Waals surface area contributed by atoms with Crippen LogP contribution in [0.4, 0.5) is 0 Å². The number of hydrogen-bond donors (Lipinski definition) is 0. The summed E-state index contributed by atoms with van der Waals surface area (Å²) in [7, 11) is 0. The third kappa shape index (κ3) is 2.07. The smallest absolute Gasteiger partial charge is 0.218 e. The molecule has 1 heterocycles. The van der Waals surface area contributed by atoms with Gasteiger partial charge in [0.1, 0.15) is 0 Å². The Balaban J connectivity index is 3.01. The van der Waals surface area contributed by atoms with E-state index in [2.05, 4.69) is 32.9 Å². The average Bonchev–Trinajstić information content (AvgIpc) is 2.16. The Labute approximate surface area is 74.4 Å². The van der Waals surface area contributed by atoms with Crippen molar-refractivity contribution < 1.29 is 4.42 Å². The third-order valence-corrected chi connectivity index (χ3v) is 2.06. The molecule has 1 heteroatoms. The van der Waals surface area contributed by atoms with Gasteiger partial charge in [-0.3, -0.25) is 0 Å². The Morgan fingerprint density at radius 2 is 1.42 bits per heavy atom. The van der Waals surface area contributed by atoms with Gasteiger partial charge in [0.05, 0.1) is 12.8 Å². The lowest BCUT2D eigenvalue weighted by Gasteiger charge is -1.93. The van der Waals surface area contributed by atoms with Gasteiger partial charge in [-0.05, 0) is 12.0 Å². The minimum absolute atomic E-state index is 0.987. The lowest BCUT2D eigenvalue weighted by atomic mass is 10.1. The molecule has 0 amide bonds. The highest BCUT2D eigenvalue weighted by molar-refractivity contribution is 5.18. The van der Waals surface area contributed by atoms with Gasteiger partial charge in [-0.2, -0.15) is 0 Å². The van der Waals surface area contributed by atoms with Crippen LogP contribution in [0.5, 0.6) is 0 Å². The summed E-state index contributed by atoms with van der Waals surface area (Å²) >= 11 is 0. The van der Waals surface area contributed by atoms with E-state index in [1.54, 1.807) is 0 Å². The second kappa shape index (κ2) is 4.24. The summed E-state index contributed by atoms with van der Waals surface area (Å²) in [5, 5.41) is 0. The maximum atomic E-state index is 5.62. The molecule has 12 heavy (non-hydrogen) atoms. The maximum absolute atomic E-state index is 5.62. The Morgan fingerprint density at radius 3 is 1.75 bits per heavy atom. The zero-order chi connectivity index (χ0) is 8.97. The minimum atomic E-state index is 0.987. The molecule has 0 saturated carbocycles. The summed E-state index contributed by atoms with van der Waals surface area (Å²) < 4.78 is 5.62. The third-order valence-electron chi connectivity index (χ3n) is 2.06. The number of aryl methyl sites for hydroxylation is 3. The van der Waals surface area contributed by atoms with Crippen LogP contribution < -0.4 is 0 Å². The van der Waals surface area contributed by atoms with Gasteiger partial charge in [0, 0.05) is 12.1 Å². The van der Waals surface area contributed by atoms with E-state index in [-0.39, 0.29) is 0 Å². The largest absolute Gasteiger partial charge is 0.329 e. The van der Waals surface area contributed by atoms with Crippen LogP contribution in [0.3, 0.4) is 0 Å². The molecule has 66 valence electrons. The summed E-state index contributed by atoms with van der Waals surface area (Å²) in [6, 6.07) is 4.30. The van der Waals surface area contributed by atoms with Crippen molar-refractivity contribution in [2.45, 2.75) is 40.0 Å². The lowest BCUT2D eigenvalue weighted by Crippen LogP contribution is -1.90. The second-order valence-electron chi connectivity index (χ2n) is 2.96. The fourth-order valence-corrected chi connectivity index (χ4v) is 1.24. The molecule has 0 fully saturated rings. The highest BCUT2D eigenvalue weighted by atomic mass is 16.3. The van der Waals surface area contributed by atoms with Crippen LogP contribution >= 0.6 is 0 Å². The molecular weight excluding hydrogens is 148 g/mol. The Morgan fingerprint density at radius 1 is 0.917 bits per heavy atom. The first-order valence-electron chi connectivity index (χ1n) is 4.74. The van der Waals surface area contributed by atoms with Gasteiger partial charge in [-0.15, -0.1) is 0 Å². The first-order chi connectivity index (χ1) is 5.80. The molecule has 0 spiro atoms. The predicted octanol–water partition coefficient (Wildman–Crippen LogP) is 3.25. The molecule has 0 aromatic carbocycles. The molecule has 0 N–H and O–H groups in total. The molecule has 0 aliphatic heterocycles. The Hall–Kier alpha value is -0.850. The molecule has 0 unspecified atom stereocenters. The van der Waals surface area contributed by atoms with Crippen molar-refractivity contribution in [2.24, 2.45) is 0 Å². The molecule has 0 atom stereocenters. The summed E-state index contributed by atoms with van der Waals surface area (Å²) in [6.45, 7) is 6.42. The topological polar surface area (TPSA) is 11.3 Å². The van der Waals surface area contributed by atoms with E-state index in [9.17, 15) is 0 Å². The SMILES string of the molecule is CCc1cc(CC)[o+]c(CC)c1. The van der Waals surface area contributed by atoms with Crippen LogP contribution in [0, 0.1) is 0 Å². The molecule has 0 saturated heterocycles. The summed E-state index contributed by atoms with van der Waals surface area (Å²) in [6.07, 6.45) is 3.07. The van der Waals surface area contributed by atoms with Crippen molar-refractivity contribution in [3.8, 4) is 0 Å². The monoisotopic (exact) mass is 165 g/mol. The van der Waals surface area contributed by atoms with E-state index >= 15 is 0 Å². The first kappa shape index (κ1) is 9.24. The van der Waals surface area contributed by atoms with E-state index in [0.717, 1.165) is 30.8 Å². The van der Waals surface area contributed by atoms with Gasteiger partial charge in [-0.25, -0.2) is 4.42 Å².